The van der Waals surface area contributed by atoms with Crippen molar-refractivity contribution in [1.82, 2.24) is 16.0 Å². The largest absolute Gasteiger partial charge is 0.480 e. The Morgan fingerprint density at radius 2 is 1.62 bits per heavy atom. The number of carboxylic acid groups (broad SMARTS) is 1. The Kier molecular flexibility index (Phi) is 10.9. The van der Waals surface area contributed by atoms with Crippen LogP contribution in [0, 0.1) is 11.8 Å². The van der Waals surface area contributed by atoms with Crippen LogP contribution in [0.2, 0.25) is 0 Å². The molecular formula is C16H30N4O5S. The Labute approximate surface area is 159 Å². The minimum Gasteiger partial charge on any atom is -0.480 e. The van der Waals surface area contributed by atoms with Gasteiger partial charge in [0, 0.05) is 5.75 Å². The normalized spacial score (nSPS) is 15.5. The van der Waals surface area contributed by atoms with Gasteiger partial charge in [0.1, 0.15) is 12.1 Å². The molecule has 4 unspecified atom stereocenters. The van der Waals surface area contributed by atoms with Gasteiger partial charge >= 0.3 is 5.97 Å². The lowest BCUT2D eigenvalue weighted by molar-refractivity contribution is -0.143. The third kappa shape index (κ3) is 8.05. The van der Waals surface area contributed by atoms with Crippen LogP contribution in [0.3, 0.4) is 0 Å². The van der Waals surface area contributed by atoms with Gasteiger partial charge in [0.15, 0.2) is 0 Å². The second-order valence-corrected chi connectivity index (χ2v) is 6.87. The van der Waals surface area contributed by atoms with Gasteiger partial charge < -0.3 is 26.8 Å². The summed E-state index contributed by atoms with van der Waals surface area (Å²) >= 11 is 3.90. The van der Waals surface area contributed by atoms with E-state index in [0.29, 0.717) is 6.42 Å². The molecule has 0 aromatic heterocycles. The van der Waals surface area contributed by atoms with Gasteiger partial charge in [-0.3, -0.25) is 14.4 Å². The summed E-state index contributed by atoms with van der Waals surface area (Å²) < 4.78 is 0. The molecule has 6 N–H and O–H groups in total. The molecule has 0 spiro atoms. The summed E-state index contributed by atoms with van der Waals surface area (Å²) in [6.07, 6.45) is 0.592. The highest BCUT2D eigenvalue weighted by Crippen LogP contribution is 2.10. The van der Waals surface area contributed by atoms with Crippen LogP contribution in [0.15, 0.2) is 0 Å². The molecule has 3 amide bonds. The average molecular weight is 391 g/mol. The van der Waals surface area contributed by atoms with Crippen LogP contribution in [-0.2, 0) is 19.2 Å². The first-order valence-corrected chi connectivity index (χ1v) is 9.14. The maximum atomic E-state index is 12.5. The molecule has 0 aliphatic heterocycles. The van der Waals surface area contributed by atoms with E-state index in [1.807, 2.05) is 6.92 Å². The standard InChI is InChI=1S/C16H30N4O5S/c1-5-9(4)13(15(23)20-12(8(2)3)16(24)25)19-11(21)6-18-14(22)10(17)7-26/h8-10,12-13,26H,5-7,17H2,1-4H3,(H,18,22)(H,19,21)(H,20,23)(H,24,25). The highest BCUT2D eigenvalue weighted by Gasteiger charge is 2.31. The summed E-state index contributed by atoms with van der Waals surface area (Å²) in [7, 11) is 0. The van der Waals surface area contributed by atoms with Crippen LogP contribution >= 0.6 is 12.6 Å². The zero-order chi connectivity index (χ0) is 20.4. The Morgan fingerprint density at radius 3 is 2.04 bits per heavy atom. The Hall–Kier alpha value is -1.81. The van der Waals surface area contributed by atoms with E-state index in [-0.39, 0.29) is 24.1 Å². The minimum absolute atomic E-state index is 0.136. The van der Waals surface area contributed by atoms with Gasteiger partial charge in [0.25, 0.3) is 0 Å². The predicted molar refractivity (Wildman–Crippen MR) is 101 cm³/mol. The zero-order valence-corrected chi connectivity index (χ0v) is 16.5. The van der Waals surface area contributed by atoms with Gasteiger partial charge in [-0.05, 0) is 11.8 Å². The van der Waals surface area contributed by atoms with Gasteiger partial charge in [-0.15, -0.1) is 0 Å². The minimum atomic E-state index is -1.14. The number of carbonyl (C=O) groups excluding carboxylic acids is 3. The van der Waals surface area contributed by atoms with E-state index in [2.05, 4.69) is 28.6 Å². The fourth-order valence-electron chi connectivity index (χ4n) is 2.06. The second-order valence-electron chi connectivity index (χ2n) is 6.51. The molecule has 0 radical (unpaired) electrons. The van der Waals surface area contributed by atoms with E-state index in [0.717, 1.165) is 0 Å². The van der Waals surface area contributed by atoms with Crippen molar-refractivity contribution in [3.05, 3.63) is 0 Å². The third-order valence-electron chi connectivity index (χ3n) is 4.00. The first-order valence-electron chi connectivity index (χ1n) is 8.51. The van der Waals surface area contributed by atoms with Crippen LogP contribution in [0.1, 0.15) is 34.1 Å². The number of nitrogens with one attached hydrogen (secondary N) is 3. The molecule has 0 aromatic carbocycles. The summed E-state index contributed by atoms with van der Waals surface area (Å²) in [4.78, 5) is 47.4. The van der Waals surface area contributed by atoms with Gasteiger partial charge in [0.05, 0.1) is 12.6 Å². The van der Waals surface area contributed by atoms with Crippen molar-refractivity contribution in [2.24, 2.45) is 17.6 Å². The fraction of sp³-hybridized carbons (Fsp3) is 0.750. The van der Waals surface area contributed by atoms with Crippen molar-refractivity contribution >= 4 is 36.3 Å². The highest BCUT2D eigenvalue weighted by atomic mass is 32.1. The Balaban J connectivity index is 4.94. The lowest BCUT2D eigenvalue weighted by Crippen LogP contribution is -2.56. The van der Waals surface area contributed by atoms with Crippen molar-refractivity contribution < 1.29 is 24.3 Å². The number of carboxylic acids is 1. The topological polar surface area (TPSA) is 151 Å². The lowest BCUT2D eigenvalue weighted by atomic mass is 9.96. The molecule has 0 fully saturated rings. The van der Waals surface area contributed by atoms with Crippen molar-refractivity contribution in [3.63, 3.8) is 0 Å². The van der Waals surface area contributed by atoms with E-state index in [9.17, 15) is 24.3 Å². The number of amides is 3. The van der Waals surface area contributed by atoms with E-state index >= 15 is 0 Å². The summed E-state index contributed by atoms with van der Waals surface area (Å²) in [6, 6.07) is -2.80. The molecule has 0 rings (SSSR count). The molecule has 0 saturated heterocycles. The summed E-state index contributed by atoms with van der Waals surface area (Å²) in [5.74, 6) is -3.21. The Bertz CT molecular complexity index is 515. The number of thiol groups is 1. The number of rotatable bonds is 11. The van der Waals surface area contributed by atoms with E-state index < -0.39 is 41.8 Å². The molecule has 0 heterocycles. The SMILES string of the molecule is CCC(C)C(NC(=O)CNC(=O)C(N)CS)C(=O)NC(C(=O)O)C(C)C. The molecule has 0 aliphatic rings. The first-order chi connectivity index (χ1) is 12.0. The van der Waals surface area contributed by atoms with E-state index in [1.54, 1.807) is 20.8 Å². The van der Waals surface area contributed by atoms with Crippen LogP contribution in [0.5, 0.6) is 0 Å². The van der Waals surface area contributed by atoms with E-state index in [4.69, 9.17) is 5.73 Å². The lowest BCUT2D eigenvalue weighted by Gasteiger charge is -2.26. The molecule has 9 nitrogen and oxygen atoms in total. The maximum Gasteiger partial charge on any atom is 0.326 e. The number of hydrogen-bond donors (Lipinski definition) is 6. The van der Waals surface area contributed by atoms with Crippen molar-refractivity contribution in [1.29, 1.82) is 0 Å². The van der Waals surface area contributed by atoms with Gasteiger partial charge in [0.2, 0.25) is 17.7 Å². The van der Waals surface area contributed by atoms with E-state index in [1.165, 1.54) is 0 Å². The predicted octanol–water partition coefficient (Wildman–Crippen LogP) is -0.884. The maximum absolute atomic E-state index is 12.5. The third-order valence-corrected chi connectivity index (χ3v) is 4.39. The summed E-state index contributed by atoms with van der Waals surface area (Å²) in [5, 5.41) is 16.6. The molecular weight excluding hydrogens is 360 g/mol. The van der Waals surface area contributed by atoms with Crippen molar-refractivity contribution in [2.45, 2.75) is 52.2 Å². The molecule has 4 atom stereocenters. The highest BCUT2D eigenvalue weighted by molar-refractivity contribution is 7.80. The number of aliphatic carboxylic acids is 1. The Morgan fingerprint density at radius 1 is 1.04 bits per heavy atom. The van der Waals surface area contributed by atoms with Crippen molar-refractivity contribution in [3.8, 4) is 0 Å². The molecule has 26 heavy (non-hydrogen) atoms. The smallest absolute Gasteiger partial charge is 0.326 e. The first kappa shape index (κ1) is 24.2. The molecule has 10 heteroatoms. The monoisotopic (exact) mass is 390 g/mol. The molecule has 0 aliphatic carbocycles. The number of carbonyl (C=O) groups is 4. The average Bonchev–Trinajstić information content (AvgIpc) is 2.59. The van der Waals surface area contributed by atoms with Gasteiger partial charge in [-0.1, -0.05) is 34.1 Å². The summed E-state index contributed by atoms with van der Waals surface area (Å²) in [6.45, 7) is 6.63. The van der Waals surface area contributed by atoms with Crippen LogP contribution in [0.4, 0.5) is 0 Å². The molecule has 0 aromatic rings. The quantitative estimate of drug-likeness (QED) is 0.252. The molecule has 0 bridgehead atoms. The van der Waals surface area contributed by atoms with Crippen LogP contribution in [-0.4, -0.2) is 59.2 Å². The second kappa shape index (κ2) is 11.7. The fourth-order valence-corrected chi connectivity index (χ4v) is 2.23. The zero-order valence-electron chi connectivity index (χ0n) is 15.6. The number of nitrogens with two attached hydrogens (primary N) is 1. The molecule has 150 valence electrons. The van der Waals surface area contributed by atoms with Crippen LogP contribution in [0.25, 0.3) is 0 Å². The van der Waals surface area contributed by atoms with Gasteiger partial charge in [-0.25, -0.2) is 4.79 Å². The van der Waals surface area contributed by atoms with Gasteiger partial charge in [-0.2, -0.15) is 12.6 Å². The number of hydrogen-bond acceptors (Lipinski definition) is 6. The summed E-state index contributed by atoms with van der Waals surface area (Å²) in [5.41, 5.74) is 5.49. The molecule has 0 saturated carbocycles. The van der Waals surface area contributed by atoms with Crippen molar-refractivity contribution in [2.75, 3.05) is 12.3 Å². The van der Waals surface area contributed by atoms with Crippen LogP contribution < -0.4 is 21.7 Å².